The van der Waals surface area contributed by atoms with Gasteiger partial charge in [-0.1, -0.05) is 19.9 Å². The first-order chi connectivity index (χ1) is 8.69. The molecule has 3 nitrogen and oxygen atoms in total. The molecule has 1 aliphatic rings. The minimum absolute atomic E-state index is 0.0533. The van der Waals surface area contributed by atoms with E-state index in [1.807, 2.05) is 0 Å². The molecule has 0 spiro atoms. The number of hydrogen-bond donors (Lipinski definition) is 1. The van der Waals surface area contributed by atoms with Gasteiger partial charge in [0, 0.05) is 13.2 Å². The van der Waals surface area contributed by atoms with E-state index in [0.29, 0.717) is 18.1 Å². The summed E-state index contributed by atoms with van der Waals surface area (Å²) >= 11 is 0. The van der Waals surface area contributed by atoms with Crippen LogP contribution in [0.25, 0.3) is 0 Å². The van der Waals surface area contributed by atoms with E-state index >= 15 is 0 Å². The van der Waals surface area contributed by atoms with E-state index in [-0.39, 0.29) is 5.91 Å². The molecule has 0 aliphatic heterocycles. The van der Waals surface area contributed by atoms with Crippen molar-refractivity contribution in [3.05, 3.63) is 12.2 Å². The second-order valence-electron chi connectivity index (χ2n) is 5.15. The summed E-state index contributed by atoms with van der Waals surface area (Å²) in [5.41, 5.74) is 0. The van der Waals surface area contributed by atoms with E-state index in [4.69, 9.17) is 4.74 Å². The summed E-state index contributed by atoms with van der Waals surface area (Å²) in [6.45, 7) is 4.20. The highest BCUT2D eigenvalue weighted by Gasteiger charge is 2.18. The van der Waals surface area contributed by atoms with Gasteiger partial charge in [0.15, 0.2) is 0 Å². The Labute approximate surface area is 111 Å². The molecular weight excluding hydrogens is 226 g/mol. The van der Waals surface area contributed by atoms with E-state index in [1.54, 1.807) is 13.2 Å². The van der Waals surface area contributed by atoms with Crippen molar-refractivity contribution in [1.82, 2.24) is 5.32 Å². The maximum atomic E-state index is 11.7. The Balaban J connectivity index is 2.29. The smallest absolute Gasteiger partial charge is 0.243 e. The van der Waals surface area contributed by atoms with Gasteiger partial charge in [-0.15, -0.1) is 0 Å². The van der Waals surface area contributed by atoms with Crippen LogP contribution in [0.15, 0.2) is 12.2 Å². The van der Waals surface area contributed by atoms with Crippen molar-refractivity contribution in [2.45, 2.75) is 64.5 Å². The lowest BCUT2D eigenvalue weighted by Gasteiger charge is -2.25. The van der Waals surface area contributed by atoms with E-state index in [9.17, 15) is 4.79 Å². The van der Waals surface area contributed by atoms with Crippen LogP contribution in [-0.4, -0.2) is 25.2 Å². The number of allylic oxidation sites excluding steroid dienone is 1. The summed E-state index contributed by atoms with van der Waals surface area (Å²) in [5, 5.41) is 3.03. The van der Waals surface area contributed by atoms with E-state index < -0.39 is 0 Å². The van der Waals surface area contributed by atoms with Crippen LogP contribution in [-0.2, 0) is 9.53 Å². The van der Waals surface area contributed by atoms with Crippen LogP contribution < -0.4 is 5.32 Å². The Hall–Kier alpha value is -0.830. The normalized spacial score (nSPS) is 24.7. The molecule has 1 rings (SSSR count). The van der Waals surface area contributed by atoms with Gasteiger partial charge in [0.25, 0.3) is 0 Å². The Morgan fingerprint density at radius 1 is 1.28 bits per heavy atom. The van der Waals surface area contributed by atoms with E-state index in [2.05, 4.69) is 25.2 Å². The molecule has 1 aliphatic carbocycles. The first-order valence-corrected chi connectivity index (χ1v) is 7.21. The van der Waals surface area contributed by atoms with Gasteiger partial charge in [0.05, 0.1) is 6.10 Å². The highest BCUT2D eigenvalue weighted by atomic mass is 16.5. The molecule has 3 heteroatoms. The zero-order chi connectivity index (χ0) is 13.4. The molecule has 0 aromatic rings. The molecule has 0 aromatic heterocycles. The van der Waals surface area contributed by atoms with Gasteiger partial charge in [-0.2, -0.15) is 0 Å². The van der Waals surface area contributed by atoms with Crippen molar-refractivity contribution < 1.29 is 9.53 Å². The molecule has 1 saturated carbocycles. The molecule has 18 heavy (non-hydrogen) atoms. The maximum Gasteiger partial charge on any atom is 0.243 e. The highest BCUT2D eigenvalue weighted by molar-refractivity contribution is 5.87. The lowest BCUT2D eigenvalue weighted by Crippen LogP contribution is -2.32. The number of nitrogens with one attached hydrogen (secondary N) is 1. The minimum atomic E-state index is 0.0533. The summed E-state index contributed by atoms with van der Waals surface area (Å²) in [6, 6.07) is 0.311. The van der Waals surface area contributed by atoms with Gasteiger partial charge in [-0.05, 0) is 50.5 Å². The summed E-state index contributed by atoms with van der Waals surface area (Å²) in [7, 11) is 1.78. The summed E-state index contributed by atoms with van der Waals surface area (Å²) in [4.78, 5) is 11.7. The van der Waals surface area contributed by atoms with Crippen LogP contribution in [0.5, 0.6) is 0 Å². The fourth-order valence-corrected chi connectivity index (χ4v) is 2.48. The molecule has 0 heterocycles. The Morgan fingerprint density at radius 3 is 2.39 bits per heavy atom. The lowest BCUT2D eigenvalue weighted by atomic mass is 9.87. The van der Waals surface area contributed by atoms with Gasteiger partial charge in [-0.25, -0.2) is 0 Å². The van der Waals surface area contributed by atoms with Crippen molar-refractivity contribution in [2.24, 2.45) is 5.92 Å². The quantitative estimate of drug-likeness (QED) is 0.739. The minimum Gasteiger partial charge on any atom is -0.381 e. The van der Waals surface area contributed by atoms with Gasteiger partial charge >= 0.3 is 0 Å². The fraction of sp³-hybridized carbons (Fsp3) is 0.800. The number of methoxy groups -OCH3 is 1. The third-order valence-corrected chi connectivity index (χ3v) is 3.90. The molecule has 1 fully saturated rings. The first-order valence-electron chi connectivity index (χ1n) is 7.21. The molecule has 0 bridgehead atoms. The third-order valence-electron chi connectivity index (χ3n) is 3.90. The number of hydrogen-bond acceptors (Lipinski definition) is 2. The summed E-state index contributed by atoms with van der Waals surface area (Å²) in [6.07, 6.45) is 10.7. The van der Waals surface area contributed by atoms with Crippen LogP contribution in [0, 0.1) is 5.92 Å². The second kappa shape index (κ2) is 8.30. The molecular formula is C15H27NO2. The van der Waals surface area contributed by atoms with Gasteiger partial charge in [-0.3, -0.25) is 4.79 Å². The largest absolute Gasteiger partial charge is 0.381 e. The van der Waals surface area contributed by atoms with Gasteiger partial charge in [0.1, 0.15) is 0 Å². The number of carbonyl (C=O) groups is 1. The van der Waals surface area contributed by atoms with Crippen LogP contribution in [0.3, 0.4) is 0 Å². The maximum absolute atomic E-state index is 11.7. The molecule has 0 saturated heterocycles. The molecule has 0 atom stereocenters. The molecule has 0 radical (unpaired) electrons. The number of rotatable bonds is 6. The molecule has 104 valence electrons. The third kappa shape index (κ3) is 5.21. The number of ether oxygens (including phenoxy) is 1. The molecule has 1 N–H and O–H groups in total. The van der Waals surface area contributed by atoms with Crippen molar-refractivity contribution in [2.75, 3.05) is 7.11 Å². The first kappa shape index (κ1) is 15.2. The number of amides is 1. The molecule has 1 amide bonds. The topological polar surface area (TPSA) is 38.3 Å². The van der Waals surface area contributed by atoms with Crippen molar-refractivity contribution in [3.63, 3.8) is 0 Å². The standard InChI is InChI=1S/C15H27NO2/c1-4-13(5-2)16-15(17)11-8-12-6-9-14(18-3)10-7-12/h8,11-14H,4-7,9-10H2,1-3H3,(H,16,17)/b11-8+. The molecule has 0 aromatic carbocycles. The van der Waals surface area contributed by atoms with Crippen LogP contribution >= 0.6 is 0 Å². The van der Waals surface area contributed by atoms with Crippen molar-refractivity contribution >= 4 is 5.91 Å². The fourth-order valence-electron chi connectivity index (χ4n) is 2.48. The predicted octanol–water partition coefficient (Wildman–Crippen LogP) is 3.05. The Morgan fingerprint density at radius 2 is 1.89 bits per heavy atom. The molecule has 0 unspecified atom stereocenters. The van der Waals surface area contributed by atoms with Crippen LogP contribution in [0.2, 0.25) is 0 Å². The van der Waals surface area contributed by atoms with Crippen LogP contribution in [0.4, 0.5) is 0 Å². The number of carbonyl (C=O) groups excluding carboxylic acids is 1. The second-order valence-corrected chi connectivity index (χ2v) is 5.15. The van der Waals surface area contributed by atoms with Gasteiger partial charge in [0.2, 0.25) is 5.91 Å². The summed E-state index contributed by atoms with van der Waals surface area (Å²) in [5.74, 6) is 0.599. The highest BCUT2D eigenvalue weighted by Crippen LogP contribution is 2.26. The predicted molar refractivity (Wildman–Crippen MR) is 74.4 cm³/mol. The van der Waals surface area contributed by atoms with Gasteiger partial charge < -0.3 is 10.1 Å². The average molecular weight is 253 g/mol. The lowest BCUT2D eigenvalue weighted by molar-refractivity contribution is -0.117. The summed E-state index contributed by atoms with van der Waals surface area (Å²) < 4.78 is 5.34. The van der Waals surface area contributed by atoms with Crippen molar-refractivity contribution in [1.29, 1.82) is 0 Å². The van der Waals surface area contributed by atoms with E-state index in [0.717, 1.165) is 38.5 Å². The zero-order valence-electron chi connectivity index (χ0n) is 11.9. The van der Waals surface area contributed by atoms with Crippen LogP contribution in [0.1, 0.15) is 52.4 Å². The monoisotopic (exact) mass is 253 g/mol. The van der Waals surface area contributed by atoms with E-state index in [1.165, 1.54) is 0 Å². The van der Waals surface area contributed by atoms with Crippen molar-refractivity contribution in [3.8, 4) is 0 Å². The average Bonchev–Trinajstić information content (AvgIpc) is 2.43. The SMILES string of the molecule is CCC(CC)NC(=O)/C=C/C1CCC(OC)CC1. The Kier molecular flexibility index (Phi) is 7.02. The zero-order valence-corrected chi connectivity index (χ0v) is 11.9. The Bertz CT molecular complexity index is 264.